The van der Waals surface area contributed by atoms with Crippen LogP contribution in [0.3, 0.4) is 0 Å². The number of aliphatic hydroxyl groups is 3. The highest BCUT2D eigenvalue weighted by Crippen LogP contribution is 2.37. The van der Waals surface area contributed by atoms with Crippen molar-refractivity contribution in [2.45, 2.75) is 36.3 Å². The number of aliphatic imine (C=N–C) groups is 1. The molecule has 0 unspecified atom stereocenters. The molecule has 130 valence electrons. The monoisotopic (exact) mass is 354 g/mol. The third kappa shape index (κ3) is 3.26. The van der Waals surface area contributed by atoms with Gasteiger partial charge < -0.3 is 25.2 Å². The number of ether oxygens (including phenoxy) is 1. The van der Waals surface area contributed by atoms with Gasteiger partial charge in [-0.2, -0.15) is 0 Å². The highest BCUT2D eigenvalue weighted by atomic mass is 32.2. The number of carbonyl (C=O) groups is 1. The van der Waals surface area contributed by atoms with Gasteiger partial charge in [-0.1, -0.05) is 42.1 Å². The van der Waals surface area contributed by atoms with Gasteiger partial charge in [-0.25, -0.2) is 4.79 Å². The molecule has 0 radical (unpaired) electrons. The summed E-state index contributed by atoms with van der Waals surface area (Å²) >= 11 is 1.07. The number of benzene rings is 1. The molecule has 2 aliphatic rings. The summed E-state index contributed by atoms with van der Waals surface area (Å²) in [6.07, 6.45) is -4.58. The molecule has 1 aromatic rings. The Kier molecular flexibility index (Phi) is 5.07. The molecule has 0 bridgehead atoms. The number of nitrogens with zero attached hydrogens (tertiary/aromatic N) is 2. The lowest BCUT2D eigenvalue weighted by Crippen LogP contribution is -2.55. The number of carboxylic acid groups (broad SMARTS) is 1. The van der Waals surface area contributed by atoms with Crippen molar-refractivity contribution in [3.8, 4) is 0 Å². The third-order valence-electron chi connectivity index (χ3n) is 3.97. The molecule has 0 saturated carbocycles. The second kappa shape index (κ2) is 7.08. The molecule has 0 aromatic heterocycles. The Morgan fingerprint density at radius 2 is 1.96 bits per heavy atom. The molecule has 1 saturated heterocycles. The molecule has 1 amide bonds. The summed E-state index contributed by atoms with van der Waals surface area (Å²) < 4.78 is 5.52. The molecule has 3 rings (SSSR count). The van der Waals surface area contributed by atoms with E-state index in [1.54, 1.807) is 12.1 Å². The van der Waals surface area contributed by atoms with Crippen molar-refractivity contribution in [3.05, 3.63) is 35.9 Å². The average molecular weight is 354 g/mol. The number of hydrogen-bond acceptors (Lipinski definition) is 7. The third-order valence-corrected chi connectivity index (χ3v) is 5.13. The van der Waals surface area contributed by atoms with Crippen LogP contribution in [-0.4, -0.2) is 73.0 Å². The van der Waals surface area contributed by atoms with Gasteiger partial charge in [0.15, 0.2) is 5.17 Å². The topological polar surface area (TPSA) is 123 Å². The van der Waals surface area contributed by atoms with E-state index in [1.807, 2.05) is 18.2 Å². The van der Waals surface area contributed by atoms with E-state index in [4.69, 9.17) is 4.74 Å². The Bertz CT molecular complexity index is 628. The fourth-order valence-corrected chi connectivity index (χ4v) is 3.90. The van der Waals surface area contributed by atoms with Crippen molar-refractivity contribution in [1.29, 1.82) is 0 Å². The fraction of sp³-hybridized carbons (Fsp3) is 0.467. The number of amides is 1. The maximum absolute atomic E-state index is 11.6. The number of hydrogen-bond donors (Lipinski definition) is 4. The van der Waals surface area contributed by atoms with Crippen molar-refractivity contribution >= 4 is 23.0 Å². The number of amidine groups is 1. The number of thioether (sulfide) groups is 1. The molecule has 24 heavy (non-hydrogen) atoms. The molecular weight excluding hydrogens is 336 g/mol. The molecule has 2 heterocycles. The second-order valence-corrected chi connectivity index (χ2v) is 6.65. The van der Waals surface area contributed by atoms with Gasteiger partial charge in [0.2, 0.25) is 0 Å². The maximum atomic E-state index is 11.6. The van der Waals surface area contributed by atoms with Gasteiger partial charge >= 0.3 is 6.09 Å². The lowest BCUT2D eigenvalue weighted by atomic mass is 9.99. The predicted octanol–water partition coefficient (Wildman–Crippen LogP) is 0.0770. The van der Waals surface area contributed by atoms with E-state index in [2.05, 4.69) is 4.99 Å². The maximum Gasteiger partial charge on any atom is 0.413 e. The van der Waals surface area contributed by atoms with Crippen LogP contribution in [0.15, 0.2) is 35.3 Å². The molecule has 2 aliphatic heterocycles. The number of rotatable bonds is 3. The van der Waals surface area contributed by atoms with Crippen molar-refractivity contribution < 1.29 is 30.0 Å². The van der Waals surface area contributed by atoms with Crippen molar-refractivity contribution in [2.75, 3.05) is 6.61 Å². The summed E-state index contributed by atoms with van der Waals surface area (Å²) in [5.74, 6) is 0. The second-order valence-electron chi connectivity index (χ2n) is 5.58. The molecule has 5 atom stereocenters. The van der Waals surface area contributed by atoms with E-state index in [-0.39, 0.29) is 11.7 Å². The van der Waals surface area contributed by atoms with E-state index in [0.717, 1.165) is 22.2 Å². The minimum Gasteiger partial charge on any atom is -0.465 e. The summed E-state index contributed by atoms with van der Waals surface area (Å²) in [6.45, 7) is -0.326. The van der Waals surface area contributed by atoms with Crippen LogP contribution >= 0.6 is 11.8 Å². The molecule has 9 heteroatoms. The highest BCUT2D eigenvalue weighted by molar-refractivity contribution is 8.14. The lowest BCUT2D eigenvalue weighted by Gasteiger charge is -2.37. The van der Waals surface area contributed by atoms with Gasteiger partial charge in [0.25, 0.3) is 0 Å². The average Bonchev–Trinajstić information content (AvgIpc) is 3.00. The summed E-state index contributed by atoms with van der Waals surface area (Å²) in [5, 5.41) is 39.0. The van der Waals surface area contributed by atoms with Gasteiger partial charge in [-0.05, 0) is 5.56 Å². The van der Waals surface area contributed by atoms with Crippen LogP contribution in [0, 0.1) is 0 Å². The Morgan fingerprint density at radius 1 is 1.25 bits per heavy atom. The Balaban J connectivity index is 1.79. The quantitative estimate of drug-likeness (QED) is 0.606. The van der Waals surface area contributed by atoms with Gasteiger partial charge in [0.05, 0.1) is 13.2 Å². The van der Waals surface area contributed by atoms with Crippen molar-refractivity contribution in [1.82, 2.24) is 4.90 Å². The summed E-state index contributed by atoms with van der Waals surface area (Å²) in [4.78, 5) is 16.9. The smallest absolute Gasteiger partial charge is 0.413 e. The van der Waals surface area contributed by atoms with Crippen molar-refractivity contribution in [2.24, 2.45) is 4.99 Å². The standard InChI is InChI=1S/C15H18N2O6S/c18-7-9-11(19)12(20)10-13(23-9)24-14(16-10)17(15(21)22)6-8-4-2-1-3-5-8/h1-5,9-13,18-20H,6-7H2,(H,21,22)/t9-,10-,11-,12-,13-/m1/s1. The van der Waals surface area contributed by atoms with Gasteiger partial charge in [0, 0.05) is 0 Å². The Hall–Kier alpha value is -1.65. The van der Waals surface area contributed by atoms with E-state index in [1.165, 1.54) is 0 Å². The molecular formula is C15H18N2O6S. The molecule has 1 fully saturated rings. The van der Waals surface area contributed by atoms with E-state index in [0.29, 0.717) is 0 Å². The SMILES string of the molecule is O=C(O)N(Cc1ccccc1)C1=N[C@@H]2[C@@H](O)[C@H](O)[C@@H](CO)O[C@@H]2S1. The first kappa shape index (κ1) is 17.2. The highest BCUT2D eigenvalue weighted by Gasteiger charge is 2.49. The summed E-state index contributed by atoms with van der Waals surface area (Å²) in [5.41, 5.74) is 0.154. The molecule has 0 spiro atoms. The minimum absolute atomic E-state index is 0.115. The lowest BCUT2D eigenvalue weighted by molar-refractivity contribution is -0.164. The van der Waals surface area contributed by atoms with E-state index >= 15 is 0 Å². The molecule has 1 aromatic carbocycles. The van der Waals surface area contributed by atoms with E-state index < -0.39 is 42.5 Å². The first-order valence-electron chi connectivity index (χ1n) is 7.42. The van der Waals surface area contributed by atoms with Crippen LogP contribution in [-0.2, 0) is 11.3 Å². The van der Waals surface area contributed by atoms with Crippen molar-refractivity contribution in [3.63, 3.8) is 0 Å². The first-order valence-corrected chi connectivity index (χ1v) is 8.30. The normalized spacial score (nSPS) is 32.1. The predicted molar refractivity (Wildman–Crippen MR) is 86.6 cm³/mol. The molecule has 4 N–H and O–H groups in total. The number of aliphatic hydroxyl groups excluding tert-OH is 3. The Morgan fingerprint density at radius 3 is 2.58 bits per heavy atom. The zero-order valence-corrected chi connectivity index (χ0v) is 13.4. The van der Waals surface area contributed by atoms with Crippen LogP contribution < -0.4 is 0 Å². The van der Waals surface area contributed by atoms with Gasteiger partial charge in [-0.15, -0.1) is 0 Å². The number of fused-ring (bicyclic) bond motifs is 1. The zero-order valence-electron chi connectivity index (χ0n) is 12.6. The Labute approximate surface area is 142 Å². The van der Waals surface area contributed by atoms with Crippen LogP contribution in [0.5, 0.6) is 0 Å². The molecule has 8 nitrogen and oxygen atoms in total. The molecule has 0 aliphatic carbocycles. The van der Waals surface area contributed by atoms with Crippen LogP contribution in [0.2, 0.25) is 0 Å². The van der Waals surface area contributed by atoms with Gasteiger partial charge in [0.1, 0.15) is 29.8 Å². The largest absolute Gasteiger partial charge is 0.465 e. The van der Waals surface area contributed by atoms with Crippen LogP contribution in [0.1, 0.15) is 5.56 Å². The zero-order chi connectivity index (χ0) is 17.3. The van der Waals surface area contributed by atoms with E-state index in [9.17, 15) is 25.2 Å². The first-order chi connectivity index (χ1) is 11.5. The summed E-state index contributed by atoms with van der Waals surface area (Å²) in [7, 11) is 0. The van der Waals surface area contributed by atoms with Crippen LogP contribution in [0.25, 0.3) is 0 Å². The fourth-order valence-electron chi connectivity index (χ4n) is 2.68. The van der Waals surface area contributed by atoms with Crippen LogP contribution in [0.4, 0.5) is 4.79 Å². The minimum atomic E-state index is -1.27. The van der Waals surface area contributed by atoms with Gasteiger partial charge in [-0.3, -0.25) is 9.89 Å². The summed E-state index contributed by atoms with van der Waals surface area (Å²) in [6, 6.07) is 8.30.